The molecule has 2 aromatic rings. The summed E-state index contributed by atoms with van der Waals surface area (Å²) >= 11 is 1.69. The molecule has 2 rings (SSSR count). The zero-order chi connectivity index (χ0) is 12.3. The molecular weight excluding hydrogens is 230 g/mol. The number of nitrogen functional groups attached to an aromatic ring is 1. The minimum atomic E-state index is 0.182. The van der Waals surface area contributed by atoms with Gasteiger partial charge in [0, 0.05) is 22.5 Å². The Kier molecular flexibility index (Phi) is 3.59. The highest BCUT2D eigenvalue weighted by Gasteiger charge is 2.07. The fraction of sp³-hybridized carbons (Fsp3) is 0.214. The van der Waals surface area contributed by atoms with Gasteiger partial charge < -0.3 is 5.73 Å². The summed E-state index contributed by atoms with van der Waals surface area (Å²) in [6, 6.07) is 9.54. The van der Waals surface area contributed by atoms with Crippen LogP contribution >= 0.6 is 11.3 Å². The number of aryl methyl sites for hydroxylation is 2. The second-order valence-electron chi connectivity index (χ2n) is 4.07. The van der Waals surface area contributed by atoms with Crippen LogP contribution in [0.4, 0.5) is 5.69 Å². The molecule has 2 nitrogen and oxygen atoms in total. The second kappa shape index (κ2) is 5.15. The molecule has 0 unspecified atom stereocenters. The zero-order valence-corrected chi connectivity index (χ0v) is 10.6. The highest BCUT2D eigenvalue weighted by Crippen LogP contribution is 2.16. The molecule has 3 heteroatoms. The van der Waals surface area contributed by atoms with Crippen molar-refractivity contribution in [3.63, 3.8) is 0 Å². The SMILES string of the molecule is Cc1cc(C(=O)CCc2cccs2)ccc1N. The molecule has 0 aliphatic carbocycles. The van der Waals surface area contributed by atoms with E-state index >= 15 is 0 Å². The molecule has 0 radical (unpaired) electrons. The third-order valence-corrected chi connectivity index (χ3v) is 3.71. The number of anilines is 1. The van der Waals surface area contributed by atoms with E-state index in [0.717, 1.165) is 23.2 Å². The number of hydrogen-bond donors (Lipinski definition) is 1. The molecule has 1 heterocycles. The van der Waals surface area contributed by atoms with E-state index < -0.39 is 0 Å². The Morgan fingerprint density at radius 3 is 2.82 bits per heavy atom. The molecule has 1 aromatic carbocycles. The van der Waals surface area contributed by atoms with Crippen LogP contribution in [0.25, 0.3) is 0 Å². The molecule has 0 saturated carbocycles. The first-order chi connectivity index (χ1) is 8.16. The lowest BCUT2D eigenvalue weighted by molar-refractivity contribution is 0.0983. The molecule has 2 N–H and O–H groups in total. The van der Waals surface area contributed by atoms with Crippen molar-refractivity contribution in [1.82, 2.24) is 0 Å². The van der Waals surface area contributed by atoms with E-state index in [4.69, 9.17) is 5.73 Å². The van der Waals surface area contributed by atoms with Crippen LogP contribution < -0.4 is 5.73 Å². The molecule has 0 spiro atoms. The molecule has 88 valence electrons. The van der Waals surface area contributed by atoms with Crippen molar-refractivity contribution < 1.29 is 4.79 Å². The maximum Gasteiger partial charge on any atom is 0.163 e. The largest absolute Gasteiger partial charge is 0.399 e. The fourth-order valence-corrected chi connectivity index (χ4v) is 2.39. The van der Waals surface area contributed by atoms with Crippen molar-refractivity contribution >= 4 is 22.8 Å². The average molecular weight is 245 g/mol. The van der Waals surface area contributed by atoms with Gasteiger partial charge in [0.1, 0.15) is 0 Å². The van der Waals surface area contributed by atoms with Gasteiger partial charge in [0.25, 0.3) is 0 Å². The van der Waals surface area contributed by atoms with Gasteiger partial charge in [-0.15, -0.1) is 11.3 Å². The summed E-state index contributed by atoms with van der Waals surface area (Å²) in [5.74, 6) is 0.182. The van der Waals surface area contributed by atoms with Crippen molar-refractivity contribution in [1.29, 1.82) is 0 Å². The van der Waals surface area contributed by atoms with E-state index in [1.807, 2.05) is 24.4 Å². The standard InChI is InChI=1S/C14H15NOS/c1-10-9-11(4-6-13(10)15)14(16)7-5-12-3-2-8-17-12/h2-4,6,8-9H,5,7,15H2,1H3. The van der Waals surface area contributed by atoms with E-state index in [9.17, 15) is 4.79 Å². The summed E-state index contributed by atoms with van der Waals surface area (Å²) < 4.78 is 0. The van der Waals surface area contributed by atoms with Gasteiger partial charge in [0.2, 0.25) is 0 Å². The predicted octanol–water partition coefficient (Wildman–Crippen LogP) is 3.45. The normalized spacial score (nSPS) is 10.4. The molecule has 0 bridgehead atoms. The molecule has 0 aliphatic heterocycles. The Morgan fingerprint density at radius 2 is 2.18 bits per heavy atom. The first-order valence-corrected chi connectivity index (χ1v) is 6.46. The summed E-state index contributed by atoms with van der Waals surface area (Å²) in [7, 11) is 0. The van der Waals surface area contributed by atoms with Gasteiger partial charge in [-0.2, -0.15) is 0 Å². The van der Waals surface area contributed by atoms with Crippen molar-refractivity contribution in [2.24, 2.45) is 0 Å². The highest BCUT2D eigenvalue weighted by molar-refractivity contribution is 7.09. The molecule has 17 heavy (non-hydrogen) atoms. The zero-order valence-electron chi connectivity index (χ0n) is 9.77. The maximum absolute atomic E-state index is 12.0. The lowest BCUT2D eigenvalue weighted by atomic mass is 10.0. The van der Waals surface area contributed by atoms with E-state index in [-0.39, 0.29) is 5.78 Å². The van der Waals surface area contributed by atoms with Crippen LogP contribution in [-0.2, 0) is 6.42 Å². The van der Waals surface area contributed by atoms with Gasteiger partial charge in [-0.1, -0.05) is 6.07 Å². The Balaban J connectivity index is 2.02. The van der Waals surface area contributed by atoms with E-state index in [2.05, 4.69) is 6.07 Å². The minimum Gasteiger partial charge on any atom is -0.399 e. The van der Waals surface area contributed by atoms with Gasteiger partial charge in [-0.25, -0.2) is 0 Å². The smallest absolute Gasteiger partial charge is 0.163 e. The third kappa shape index (κ3) is 2.94. The van der Waals surface area contributed by atoms with Crippen molar-refractivity contribution in [2.75, 3.05) is 5.73 Å². The average Bonchev–Trinajstić information content (AvgIpc) is 2.82. The summed E-state index contributed by atoms with van der Waals surface area (Å²) in [6.07, 6.45) is 1.38. The van der Waals surface area contributed by atoms with Crippen LogP contribution in [0.5, 0.6) is 0 Å². The summed E-state index contributed by atoms with van der Waals surface area (Å²) in [5, 5.41) is 2.03. The van der Waals surface area contributed by atoms with Crippen LogP contribution in [0.3, 0.4) is 0 Å². The lowest BCUT2D eigenvalue weighted by Gasteiger charge is -2.04. The number of Topliss-reactive ketones (excluding diaryl/α,β-unsaturated/α-hetero) is 1. The Morgan fingerprint density at radius 1 is 1.35 bits per heavy atom. The third-order valence-electron chi connectivity index (χ3n) is 2.77. The number of carbonyl (C=O) groups is 1. The van der Waals surface area contributed by atoms with Gasteiger partial charge in [-0.05, 0) is 48.6 Å². The first kappa shape index (κ1) is 11.9. The predicted molar refractivity (Wildman–Crippen MR) is 72.6 cm³/mol. The van der Waals surface area contributed by atoms with Gasteiger partial charge in [0.05, 0.1) is 0 Å². The number of thiophene rings is 1. The summed E-state index contributed by atoms with van der Waals surface area (Å²) in [5.41, 5.74) is 8.19. The Bertz CT molecular complexity index is 517. The minimum absolute atomic E-state index is 0.182. The van der Waals surface area contributed by atoms with Crippen LogP contribution in [0.1, 0.15) is 27.2 Å². The summed E-state index contributed by atoms with van der Waals surface area (Å²) in [6.45, 7) is 1.92. The topological polar surface area (TPSA) is 43.1 Å². The van der Waals surface area contributed by atoms with Crippen LogP contribution in [-0.4, -0.2) is 5.78 Å². The first-order valence-electron chi connectivity index (χ1n) is 5.58. The molecule has 0 aliphatic rings. The van der Waals surface area contributed by atoms with Gasteiger partial charge in [0.15, 0.2) is 5.78 Å². The van der Waals surface area contributed by atoms with E-state index in [1.165, 1.54) is 4.88 Å². The molecule has 0 fully saturated rings. The number of carbonyl (C=O) groups excluding carboxylic acids is 1. The van der Waals surface area contributed by atoms with Crippen molar-refractivity contribution in [3.05, 3.63) is 51.7 Å². The number of hydrogen-bond acceptors (Lipinski definition) is 3. The lowest BCUT2D eigenvalue weighted by Crippen LogP contribution is -2.02. The van der Waals surface area contributed by atoms with Crippen LogP contribution in [0.15, 0.2) is 35.7 Å². The number of ketones is 1. The van der Waals surface area contributed by atoms with Crippen molar-refractivity contribution in [2.45, 2.75) is 19.8 Å². The van der Waals surface area contributed by atoms with Crippen LogP contribution in [0, 0.1) is 6.92 Å². The Labute approximate surface area is 105 Å². The number of rotatable bonds is 4. The van der Waals surface area contributed by atoms with E-state index in [0.29, 0.717) is 6.42 Å². The molecule has 1 aromatic heterocycles. The Hall–Kier alpha value is -1.61. The number of benzene rings is 1. The molecule has 0 atom stereocenters. The quantitative estimate of drug-likeness (QED) is 0.662. The second-order valence-corrected chi connectivity index (χ2v) is 5.11. The van der Waals surface area contributed by atoms with Gasteiger partial charge in [-0.3, -0.25) is 4.79 Å². The highest BCUT2D eigenvalue weighted by atomic mass is 32.1. The summed E-state index contributed by atoms with van der Waals surface area (Å²) in [4.78, 5) is 13.2. The molecule has 0 saturated heterocycles. The fourth-order valence-electron chi connectivity index (χ4n) is 1.69. The molecular formula is C14H15NOS. The van der Waals surface area contributed by atoms with Gasteiger partial charge >= 0.3 is 0 Å². The monoisotopic (exact) mass is 245 g/mol. The number of nitrogens with two attached hydrogens (primary N) is 1. The van der Waals surface area contributed by atoms with Crippen LogP contribution in [0.2, 0.25) is 0 Å². The molecule has 0 amide bonds. The van der Waals surface area contributed by atoms with Crippen molar-refractivity contribution in [3.8, 4) is 0 Å². The maximum atomic E-state index is 12.0. The van der Waals surface area contributed by atoms with E-state index in [1.54, 1.807) is 23.5 Å².